The summed E-state index contributed by atoms with van der Waals surface area (Å²) in [6.07, 6.45) is 4.73. The number of hydrogen-bond acceptors (Lipinski definition) is 3. The lowest BCUT2D eigenvalue weighted by Gasteiger charge is -2.36. The van der Waals surface area contributed by atoms with Crippen LogP contribution in [-0.4, -0.2) is 7.28 Å². The summed E-state index contributed by atoms with van der Waals surface area (Å²) in [6.45, 7) is 9.22. The summed E-state index contributed by atoms with van der Waals surface area (Å²) in [5.41, 5.74) is 19.9. The molecule has 0 atom stereocenters. The molecule has 1 aromatic heterocycles. The van der Waals surface area contributed by atoms with Crippen LogP contribution in [-0.2, 0) is 11.8 Å². The zero-order chi connectivity index (χ0) is 41.2. The molecule has 1 aliphatic heterocycles. The molecule has 295 valence electrons. The van der Waals surface area contributed by atoms with Crippen LogP contribution in [0.1, 0.15) is 62.3 Å². The van der Waals surface area contributed by atoms with Crippen LogP contribution in [0.5, 0.6) is 0 Å². The lowest BCUT2D eigenvalue weighted by molar-refractivity contribution is 0.660. The third-order valence-electron chi connectivity index (χ3n) is 13.2. The minimum absolute atomic E-state index is 0.161. The number of unbranched alkanes of at least 4 members (excludes halogenated alkanes) is 2. The number of anilines is 5. The van der Waals surface area contributed by atoms with E-state index in [1.54, 1.807) is 0 Å². The fraction of sp³-hybridized carbons (Fsp3) is 0.158. The molecule has 61 heavy (non-hydrogen) atoms. The van der Waals surface area contributed by atoms with Gasteiger partial charge in [0.15, 0.2) is 0 Å². The topological polar surface area (TPSA) is 15.3 Å². The quantitative estimate of drug-likeness (QED) is 0.115. The van der Waals surface area contributed by atoms with Crippen molar-refractivity contribution in [2.75, 3.05) is 10.2 Å². The number of nitrogens with zero attached hydrogens (tertiary/aromatic N) is 1. The maximum absolute atomic E-state index is 3.97. The molecule has 0 spiro atoms. The van der Waals surface area contributed by atoms with E-state index >= 15 is 0 Å². The molecule has 2 aliphatic rings. The Hall–Kier alpha value is -6.36. The highest BCUT2D eigenvalue weighted by atomic mass is 32.1. The summed E-state index contributed by atoms with van der Waals surface area (Å²) < 4.78 is 2.57. The number of thiophene rings is 1. The predicted octanol–water partition coefficient (Wildman–Crippen LogP) is 14.9. The van der Waals surface area contributed by atoms with Crippen molar-refractivity contribution in [3.05, 3.63) is 186 Å². The van der Waals surface area contributed by atoms with Crippen LogP contribution in [0.3, 0.4) is 0 Å². The highest BCUT2D eigenvalue weighted by Crippen LogP contribution is 2.53. The summed E-state index contributed by atoms with van der Waals surface area (Å²) in [6, 6.07) is 61.5. The Bertz CT molecular complexity index is 3140. The molecule has 4 heteroatoms. The second-order valence-electron chi connectivity index (χ2n) is 17.5. The molecule has 11 rings (SSSR count). The van der Waals surface area contributed by atoms with Gasteiger partial charge in [0.1, 0.15) is 0 Å². The first kappa shape index (κ1) is 37.6. The normalized spacial score (nSPS) is 13.4. The largest absolute Gasteiger partial charge is 0.355 e. The van der Waals surface area contributed by atoms with Crippen LogP contribution in [0.2, 0.25) is 0 Å². The first-order valence-electron chi connectivity index (χ1n) is 21.9. The van der Waals surface area contributed by atoms with Crippen LogP contribution in [0.4, 0.5) is 28.4 Å². The molecule has 9 aromatic rings. The smallest absolute Gasteiger partial charge is 0.211 e. The van der Waals surface area contributed by atoms with Gasteiger partial charge in [0.05, 0.1) is 11.4 Å². The molecule has 0 saturated carbocycles. The van der Waals surface area contributed by atoms with E-state index in [2.05, 4.69) is 209 Å². The van der Waals surface area contributed by atoms with Crippen LogP contribution in [0.15, 0.2) is 164 Å². The SMILES string of the molecule is CCCCCc1ccc(N2c3cc4ccccc4c(-c4cc5c(cc4Nc4ccc(C)cc4)-c4ccccc4C5(C)C)c3[B]c3sc4ccccc4c32)c(-c2ccccc2)c1. The Morgan fingerprint density at radius 3 is 2.21 bits per heavy atom. The molecule has 1 radical (unpaired) electrons. The summed E-state index contributed by atoms with van der Waals surface area (Å²) in [7, 11) is 2.50. The predicted molar refractivity (Wildman–Crippen MR) is 265 cm³/mol. The Balaban J connectivity index is 1.22. The average Bonchev–Trinajstić information content (AvgIpc) is 3.77. The van der Waals surface area contributed by atoms with Crippen molar-refractivity contribution in [3.63, 3.8) is 0 Å². The van der Waals surface area contributed by atoms with E-state index in [0.717, 1.165) is 17.8 Å². The molecule has 8 aromatic carbocycles. The number of fused-ring (bicyclic) bond motifs is 8. The highest BCUT2D eigenvalue weighted by Gasteiger charge is 2.38. The minimum Gasteiger partial charge on any atom is -0.355 e. The zero-order valence-corrected chi connectivity index (χ0v) is 36.2. The molecule has 2 nitrogen and oxygen atoms in total. The number of rotatable bonds is 9. The number of nitrogens with one attached hydrogen (secondary N) is 1. The van der Waals surface area contributed by atoms with E-state index in [1.807, 2.05) is 11.3 Å². The fourth-order valence-corrected chi connectivity index (χ4v) is 11.2. The maximum atomic E-state index is 3.97. The third kappa shape index (κ3) is 6.30. The van der Waals surface area contributed by atoms with Gasteiger partial charge in [-0.1, -0.05) is 154 Å². The van der Waals surface area contributed by atoms with Crippen molar-refractivity contribution < 1.29 is 0 Å². The van der Waals surface area contributed by atoms with Crippen molar-refractivity contribution in [2.45, 2.75) is 58.8 Å². The molecule has 0 unspecified atom stereocenters. The highest BCUT2D eigenvalue weighted by molar-refractivity contribution is 7.29. The number of hydrogen-bond donors (Lipinski definition) is 1. The van der Waals surface area contributed by atoms with Crippen LogP contribution in [0, 0.1) is 6.92 Å². The monoisotopic (exact) mass is 803 g/mol. The van der Waals surface area contributed by atoms with E-state index in [1.165, 1.54) is 123 Å². The van der Waals surface area contributed by atoms with Gasteiger partial charge in [-0.15, -0.1) is 11.3 Å². The van der Waals surface area contributed by atoms with Gasteiger partial charge in [-0.05, 0) is 128 Å². The lowest BCUT2D eigenvalue weighted by atomic mass is 9.61. The Morgan fingerprint density at radius 1 is 0.623 bits per heavy atom. The molecule has 0 bridgehead atoms. The van der Waals surface area contributed by atoms with E-state index in [0.29, 0.717) is 0 Å². The van der Waals surface area contributed by atoms with Crippen molar-refractivity contribution in [1.82, 2.24) is 0 Å². The van der Waals surface area contributed by atoms with Crippen molar-refractivity contribution >= 4 is 78.2 Å². The summed E-state index contributed by atoms with van der Waals surface area (Å²) >= 11 is 1.90. The molecular formula is C57H48BN2S. The molecule has 2 heterocycles. The van der Waals surface area contributed by atoms with Gasteiger partial charge in [0.25, 0.3) is 0 Å². The van der Waals surface area contributed by atoms with Gasteiger partial charge >= 0.3 is 0 Å². The summed E-state index contributed by atoms with van der Waals surface area (Å²) in [5.74, 6) is 0. The first-order valence-corrected chi connectivity index (χ1v) is 22.7. The molecule has 0 fully saturated rings. The fourth-order valence-electron chi connectivity index (χ4n) is 10.1. The second kappa shape index (κ2) is 15.0. The Kier molecular flexibility index (Phi) is 9.24. The second-order valence-corrected chi connectivity index (χ2v) is 18.6. The first-order chi connectivity index (χ1) is 29.9. The summed E-state index contributed by atoms with van der Waals surface area (Å²) in [5, 5.41) is 7.72. The lowest BCUT2D eigenvalue weighted by Crippen LogP contribution is -2.39. The van der Waals surface area contributed by atoms with E-state index < -0.39 is 0 Å². The van der Waals surface area contributed by atoms with Gasteiger partial charge in [-0.25, -0.2) is 0 Å². The van der Waals surface area contributed by atoms with Crippen LogP contribution < -0.4 is 20.5 Å². The van der Waals surface area contributed by atoms with Gasteiger partial charge < -0.3 is 10.2 Å². The van der Waals surface area contributed by atoms with Crippen molar-refractivity contribution in [2.24, 2.45) is 0 Å². The maximum Gasteiger partial charge on any atom is 0.211 e. The Labute approximate surface area is 364 Å². The molecule has 0 amide bonds. The summed E-state index contributed by atoms with van der Waals surface area (Å²) in [4.78, 5) is 2.61. The van der Waals surface area contributed by atoms with Crippen LogP contribution in [0.25, 0.3) is 54.2 Å². The third-order valence-corrected chi connectivity index (χ3v) is 14.3. The molecule has 0 saturated heterocycles. The van der Waals surface area contributed by atoms with Gasteiger partial charge in [0.2, 0.25) is 7.28 Å². The minimum atomic E-state index is -0.161. The van der Waals surface area contributed by atoms with Crippen molar-refractivity contribution in [1.29, 1.82) is 0 Å². The van der Waals surface area contributed by atoms with E-state index in [4.69, 9.17) is 0 Å². The van der Waals surface area contributed by atoms with E-state index in [9.17, 15) is 0 Å². The zero-order valence-electron chi connectivity index (χ0n) is 35.3. The number of aryl methyl sites for hydroxylation is 2. The molecule has 1 N–H and O–H groups in total. The van der Waals surface area contributed by atoms with E-state index in [-0.39, 0.29) is 5.41 Å². The van der Waals surface area contributed by atoms with Crippen LogP contribution >= 0.6 is 11.3 Å². The van der Waals surface area contributed by atoms with Gasteiger partial charge in [0, 0.05) is 43.7 Å². The average molecular weight is 804 g/mol. The standard InChI is InChI=1S/C57H48BN2S/c1-5-6-8-17-37-28-31-50(44(32-37)38-18-9-7-10-19-38)60-51-33-39-20-11-12-21-41(39)53(54(51)58-56-55(60)43-23-14-16-25-52(43)61-56)46-34-48-45(42-22-13-15-24-47(42)57(48,3)4)35-49(46)59-40-29-26-36(2)27-30-40/h7,9-16,18-35,59H,5-6,8,17H2,1-4H3. The van der Waals surface area contributed by atoms with Crippen molar-refractivity contribution in [3.8, 4) is 33.4 Å². The molecular weight excluding hydrogens is 756 g/mol. The Morgan fingerprint density at radius 2 is 1.38 bits per heavy atom. The van der Waals surface area contributed by atoms with Gasteiger partial charge in [-0.3, -0.25) is 0 Å². The number of benzene rings is 8. The molecule has 1 aliphatic carbocycles. The van der Waals surface area contributed by atoms with Gasteiger partial charge in [-0.2, -0.15) is 0 Å².